The van der Waals surface area contributed by atoms with E-state index in [1.807, 2.05) is 30.3 Å². The zero-order valence-electron chi connectivity index (χ0n) is 10.4. The minimum Gasteiger partial charge on any atom is -0.258 e. The van der Waals surface area contributed by atoms with Crippen molar-refractivity contribution in [1.29, 1.82) is 5.26 Å². The molecule has 0 aromatic heterocycles. The van der Waals surface area contributed by atoms with Gasteiger partial charge in [-0.25, -0.2) is 0 Å². The van der Waals surface area contributed by atoms with E-state index in [9.17, 15) is 10.1 Å². The standard InChI is InChI=1S/C15H12N2O2/c1-11(10-16)14-8-7-13(17(18)19)9-15(14)12-5-3-2-4-6-12/h2-9,11H,1H3. The first-order valence-electron chi connectivity index (χ1n) is 5.87. The number of nitro benzene ring substituents is 1. The Kier molecular flexibility index (Phi) is 3.58. The fourth-order valence-electron chi connectivity index (χ4n) is 1.97. The summed E-state index contributed by atoms with van der Waals surface area (Å²) in [6.45, 7) is 1.79. The third kappa shape index (κ3) is 2.61. The summed E-state index contributed by atoms with van der Waals surface area (Å²) >= 11 is 0. The van der Waals surface area contributed by atoms with Crippen molar-refractivity contribution in [3.63, 3.8) is 0 Å². The molecule has 0 heterocycles. The van der Waals surface area contributed by atoms with Gasteiger partial charge in [0, 0.05) is 12.1 Å². The average molecular weight is 252 g/mol. The zero-order chi connectivity index (χ0) is 13.8. The van der Waals surface area contributed by atoms with Gasteiger partial charge in [0.15, 0.2) is 0 Å². The number of nitrogens with zero attached hydrogens (tertiary/aromatic N) is 2. The molecule has 0 N–H and O–H groups in total. The molecular weight excluding hydrogens is 240 g/mol. The molecule has 19 heavy (non-hydrogen) atoms. The monoisotopic (exact) mass is 252 g/mol. The largest absolute Gasteiger partial charge is 0.270 e. The number of hydrogen-bond donors (Lipinski definition) is 0. The first kappa shape index (κ1) is 12.8. The fourth-order valence-corrected chi connectivity index (χ4v) is 1.97. The summed E-state index contributed by atoms with van der Waals surface area (Å²) in [7, 11) is 0. The van der Waals surface area contributed by atoms with E-state index >= 15 is 0 Å². The Labute approximate surface area is 111 Å². The quantitative estimate of drug-likeness (QED) is 0.614. The molecule has 0 aliphatic heterocycles. The van der Waals surface area contributed by atoms with Crippen LogP contribution in [-0.4, -0.2) is 4.92 Å². The van der Waals surface area contributed by atoms with E-state index in [-0.39, 0.29) is 11.6 Å². The maximum atomic E-state index is 10.9. The fraction of sp³-hybridized carbons (Fsp3) is 0.133. The van der Waals surface area contributed by atoms with Gasteiger partial charge in [-0.05, 0) is 23.6 Å². The van der Waals surface area contributed by atoms with E-state index < -0.39 is 4.92 Å². The lowest BCUT2D eigenvalue weighted by Gasteiger charge is -2.11. The predicted molar refractivity (Wildman–Crippen MR) is 72.6 cm³/mol. The Bertz CT molecular complexity index is 645. The highest BCUT2D eigenvalue weighted by Gasteiger charge is 2.15. The maximum absolute atomic E-state index is 10.9. The van der Waals surface area contributed by atoms with Crippen LogP contribution in [0.4, 0.5) is 5.69 Å². The van der Waals surface area contributed by atoms with Crippen LogP contribution in [0.5, 0.6) is 0 Å². The van der Waals surface area contributed by atoms with E-state index in [1.165, 1.54) is 12.1 Å². The van der Waals surface area contributed by atoms with Gasteiger partial charge < -0.3 is 0 Å². The molecule has 0 amide bonds. The van der Waals surface area contributed by atoms with Crippen molar-refractivity contribution >= 4 is 5.69 Å². The maximum Gasteiger partial charge on any atom is 0.270 e. The smallest absolute Gasteiger partial charge is 0.258 e. The molecule has 0 spiro atoms. The molecule has 2 aromatic carbocycles. The number of nitro groups is 1. The lowest BCUT2D eigenvalue weighted by Crippen LogP contribution is -1.96. The number of hydrogen-bond acceptors (Lipinski definition) is 3. The van der Waals surface area contributed by atoms with Gasteiger partial charge in [-0.1, -0.05) is 36.4 Å². The molecule has 0 aliphatic rings. The minimum atomic E-state index is -0.423. The molecule has 4 nitrogen and oxygen atoms in total. The molecule has 0 bridgehead atoms. The van der Waals surface area contributed by atoms with Crippen LogP contribution >= 0.6 is 0 Å². The Hall–Kier alpha value is -2.67. The van der Waals surface area contributed by atoms with Crippen molar-refractivity contribution in [2.45, 2.75) is 12.8 Å². The van der Waals surface area contributed by atoms with E-state index in [4.69, 9.17) is 5.26 Å². The summed E-state index contributed by atoms with van der Waals surface area (Å²) in [6, 6.07) is 16.2. The molecule has 4 heteroatoms. The molecular formula is C15H12N2O2. The second-order valence-corrected chi connectivity index (χ2v) is 4.25. The molecule has 0 saturated carbocycles. The average Bonchev–Trinajstić information content (AvgIpc) is 2.46. The predicted octanol–water partition coefficient (Wildman–Crippen LogP) is 3.89. The van der Waals surface area contributed by atoms with Crippen molar-refractivity contribution in [3.8, 4) is 17.2 Å². The van der Waals surface area contributed by atoms with Gasteiger partial charge in [-0.3, -0.25) is 10.1 Å². The molecule has 2 rings (SSSR count). The van der Waals surface area contributed by atoms with E-state index in [0.29, 0.717) is 0 Å². The molecule has 94 valence electrons. The minimum absolute atomic E-state index is 0.0349. The van der Waals surface area contributed by atoms with Crippen LogP contribution in [0.1, 0.15) is 18.4 Å². The molecule has 2 aromatic rings. The van der Waals surface area contributed by atoms with Crippen LogP contribution < -0.4 is 0 Å². The number of rotatable bonds is 3. The molecule has 0 aliphatic carbocycles. The normalized spacial score (nSPS) is 11.6. The number of nitriles is 1. The molecule has 1 unspecified atom stereocenters. The van der Waals surface area contributed by atoms with E-state index in [1.54, 1.807) is 13.0 Å². The third-order valence-corrected chi connectivity index (χ3v) is 2.99. The summed E-state index contributed by atoms with van der Waals surface area (Å²) < 4.78 is 0. The highest BCUT2D eigenvalue weighted by Crippen LogP contribution is 2.32. The van der Waals surface area contributed by atoms with Crippen LogP contribution in [0.2, 0.25) is 0 Å². The Morgan fingerprint density at radius 1 is 1.21 bits per heavy atom. The zero-order valence-corrected chi connectivity index (χ0v) is 10.4. The Morgan fingerprint density at radius 2 is 1.89 bits per heavy atom. The third-order valence-electron chi connectivity index (χ3n) is 2.99. The summed E-state index contributed by atoms with van der Waals surface area (Å²) in [5.41, 5.74) is 2.46. The van der Waals surface area contributed by atoms with Gasteiger partial charge in [-0.2, -0.15) is 5.26 Å². The molecule has 0 saturated heterocycles. The van der Waals surface area contributed by atoms with Crippen LogP contribution in [0.25, 0.3) is 11.1 Å². The van der Waals surface area contributed by atoms with Gasteiger partial charge in [0.2, 0.25) is 0 Å². The Balaban J connectivity index is 2.64. The number of benzene rings is 2. The van der Waals surface area contributed by atoms with Crippen molar-refractivity contribution in [2.24, 2.45) is 0 Å². The summed E-state index contributed by atoms with van der Waals surface area (Å²) in [6.07, 6.45) is 0. The summed E-state index contributed by atoms with van der Waals surface area (Å²) in [5.74, 6) is -0.309. The highest BCUT2D eigenvalue weighted by molar-refractivity contribution is 5.71. The van der Waals surface area contributed by atoms with Crippen LogP contribution in [0.15, 0.2) is 48.5 Å². The van der Waals surface area contributed by atoms with Gasteiger partial charge in [0.25, 0.3) is 5.69 Å². The first-order chi connectivity index (χ1) is 9.13. The van der Waals surface area contributed by atoms with E-state index in [0.717, 1.165) is 16.7 Å². The van der Waals surface area contributed by atoms with Gasteiger partial charge in [0.05, 0.1) is 16.9 Å². The lowest BCUT2D eigenvalue weighted by molar-refractivity contribution is -0.384. The topological polar surface area (TPSA) is 66.9 Å². The summed E-state index contributed by atoms with van der Waals surface area (Å²) in [4.78, 5) is 10.5. The number of non-ortho nitro benzene ring substituents is 1. The molecule has 0 radical (unpaired) electrons. The Morgan fingerprint density at radius 3 is 2.47 bits per heavy atom. The first-order valence-corrected chi connectivity index (χ1v) is 5.87. The van der Waals surface area contributed by atoms with Gasteiger partial charge in [-0.15, -0.1) is 0 Å². The van der Waals surface area contributed by atoms with Crippen LogP contribution in [-0.2, 0) is 0 Å². The van der Waals surface area contributed by atoms with Crippen molar-refractivity contribution in [3.05, 3.63) is 64.2 Å². The van der Waals surface area contributed by atoms with Crippen LogP contribution in [0, 0.1) is 21.4 Å². The SMILES string of the molecule is CC(C#N)c1ccc([N+](=O)[O-])cc1-c1ccccc1. The van der Waals surface area contributed by atoms with Gasteiger partial charge >= 0.3 is 0 Å². The summed E-state index contributed by atoms with van der Waals surface area (Å²) in [5, 5.41) is 19.9. The van der Waals surface area contributed by atoms with Crippen molar-refractivity contribution < 1.29 is 4.92 Å². The van der Waals surface area contributed by atoms with Crippen LogP contribution in [0.3, 0.4) is 0 Å². The van der Waals surface area contributed by atoms with Gasteiger partial charge in [0.1, 0.15) is 0 Å². The van der Waals surface area contributed by atoms with Crippen molar-refractivity contribution in [2.75, 3.05) is 0 Å². The van der Waals surface area contributed by atoms with E-state index in [2.05, 4.69) is 6.07 Å². The second-order valence-electron chi connectivity index (χ2n) is 4.25. The molecule has 0 fully saturated rings. The highest BCUT2D eigenvalue weighted by atomic mass is 16.6. The van der Waals surface area contributed by atoms with Crippen molar-refractivity contribution in [1.82, 2.24) is 0 Å². The second kappa shape index (κ2) is 5.32. The lowest BCUT2D eigenvalue weighted by atomic mass is 9.92. The molecule has 1 atom stereocenters.